The minimum Gasteiger partial charge on any atom is -0.344 e. The number of benzene rings is 1. The molecule has 1 aromatic carbocycles. The molecule has 0 saturated carbocycles. The zero-order valence-electron chi connectivity index (χ0n) is 14.2. The van der Waals surface area contributed by atoms with Crippen LogP contribution in [0.4, 0.5) is 0 Å². The van der Waals surface area contributed by atoms with Crippen LogP contribution in [0.3, 0.4) is 0 Å². The van der Waals surface area contributed by atoms with Crippen LogP contribution in [-0.2, 0) is 11.2 Å². The molecular formula is C19H21N3O2S. The first-order chi connectivity index (χ1) is 12.2. The van der Waals surface area contributed by atoms with Crippen LogP contribution >= 0.6 is 11.8 Å². The van der Waals surface area contributed by atoms with Gasteiger partial charge in [0.25, 0.3) is 5.91 Å². The minimum atomic E-state index is -0.397. The quantitative estimate of drug-likeness (QED) is 0.826. The topological polar surface area (TPSA) is 53.5 Å². The number of hydrogen-bond donors (Lipinski definition) is 0. The lowest BCUT2D eigenvalue weighted by Gasteiger charge is -2.27. The fourth-order valence-electron chi connectivity index (χ4n) is 2.79. The van der Waals surface area contributed by atoms with E-state index in [4.69, 9.17) is 0 Å². The van der Waals surface area contributed by atoms with Crippen molar-refractivity contribution in [2.45, 2.75) is 12.5 Å². The third kappa shape index (κ3) is 4.20. The number of carbonyl (C=O) groups is 2. The lowest BCUT2D eigenvalue weighted by atomic mass is 10.1. The first kappa shape index (κ1) is 17.5. The van der Waals surface area contributed by atoms with Crippen LogP contribution in [0.5, 0.6) is 0 Å². The SMILES string of the molecule is CN(CCc1ccccn1)C(=O)C1CSCN1C(=O)c1ccccc1. The predicted molar refractivity (Wildman–Crippen MR) is 99.3 cm³/mol. The van der Waals surface area contributed by atoms with Gasteiger partial charge in [-0.2, -0.15) is 0 Å². The standard InChI is InChI=1S/C19H21N3O2S/c1-21(12-10-16-9-5-6-11-20-16)19(24)17-13-25-14-22(17)18(23)15-7-3-2-4-8-15/h2-9,11,17H,10,12-14H2,1H3. The monoisotopic (exact) mass is 355 g/mol. The van der Waals surface area contributed by atoms with Gasteiger partial charge in [0.1, 0.15) is 6.04 Å². The van der Waals surface area contributed by atoms with Crippen LogP contribution in [-0.4, -0.2) is 57.9 Å². The molecule has 1 fully saturated rings. The molecule has 3 rings (SSSR count). The highest BCUT2D eigenvalue weighted by atomic mass is 32.2. The molecule has 0 N–H and O–H groups in total. The molecule has 1 saturated heterocycles. The van der Waals surface area contributed by atoms with Crippen molar-refractivity contribution < 1.29 is 9.59 Å². The molecular weight excluding hydrogens is 334 g/mol. The number of likely N-dealkylation sites (N-methyl/N-ethyl adjacent to an activating group) is 1. The number of hydrogen-bond acceptors (Lipinski definition) is 4. The average Bonchev–Trinajstić information content (AvgIpc) is 3.16. The van der Waals surface area contributed by atoms with Gasteiger partial charge in [0.05, 0.1) is 5.88 Å². The Balaban J connectivity index is 1.63. The van der Waals surface area contributed by atoms with Gasteiger partial charge in [0.2, 0.25) is 5.91 Å². The van der Waals surface area contributed by atoms with Gasteiger partial charge in [-0.05, 0) is 24.3 Å². The van der Waals surface area contributed by atoms with Crippen molar-refractivity contribution in [3.05, 3.63) is 66.0 Å². The molecule has 1 atom stereocenters. The molecule has 25 heavy (non-hydrogen) atoms. The number of aromatic nitrogens is 1. The van der Waals surface area contributed by atoms with Crippen molar-refractivity contribution >= 4 is 23.6 Å². The Kier molecular flexibility index (Phi) is 5.71. The van der Waals surface area contributed by atoms with Gasteiger partial charge in [0.15, 0.2) is 0 Å². The van der Waals surface area contributed by atoms with Gasteiger partial charge < -0.3 is 9.80 Å². The second kappa shape index (κ2) is 8.16. The maximum Gasteiger partial charge on any atom is 0.255 e. The minimum absolute atomic E-state index is 0.00906. The van der Waals surface area contributed by atoms with Gasteiger partial charge >= 0.3 is 0 Å². The van der Waals surface area contributed by atoms with E-state index in [1.54, 1.807) is 46.9 Å². The van der Waals surface area contributed by atoms with Crippen LogP contribution in [0.2, 0.25) is 0 Å². The van der Waals surface area contributed by atoms with Crippen LogP contribution in [0, 0.1) is 0 Å². The van der Waals surface area contributed by atoms with E-state index in [-0.39, 0.29) is 11.8 Å². The lowest BCUT2D eigenvalue weighted by molar-refractivity contribution is -0.133. The molecule has 0 spiro atoms. The number of thioether (sulfide) groups is 1. The highest BCUT2D eigenvalue weighted by Crippen LogP contribution is 2.24. The summed E-state index contributed by atoms with van der Waals surface area (Å²) in [6.45, 7) is 0.588. The Labute approximate surface area is 152 Å². The first-order valence-corrected chi connectivity index (χ1v) is 9.41. The summed E-state index contributed by atoms with van der Waals surface area (Å²) in [5, 5.41) is 0. The van der Waals surface area contributed by atoms with Crippen molar-refractivity contribution in [3.63, 3.8) is 0 Å². The van der Waals surface area contributed by atoms with Gasteiger partial charge in [-0.25, -0.2) is 0 Å². The van der Waals surface area contributed by atoms with Gasteiger partial charge in [-0.1, -0.05) is 24.3 Å². The fraction of sp³-hybridized carbons (Fsp3) is 0.316. The summed E-state index contributed by atoms with van der Waals surface area (Å²) in [5.41, 5.74) is 1.58. The third-order valence-electron chi connectivity index (χ3n) is 4.25. The normalized spacial score (nSPS) is 16.7. The average molecular weight is 355 g/mol. The highest BCUT2D eigenvalue weighted by Gasteiger charge is 2.36. The molecule has 1 aliphatic heterocycles. The van der Waals surface area contributed by atoms with Crippen molar-refractivity contribution in [2.75, 3.05) is 25.2 Å². The number of nitrogens with zero attached hydrogens (tertiary/aromatic N) is 3. The van der Waals surface area contributed by atoms with Crippen molar-refractivity contribution in [2.24, 2.45) is 0 Å². The molecule has 0 aliphatic carbocycles. The maximum absolute atomic E-state index is 12.8. The van der Waals surface area contributed by atoms with Crippen LogP contribution in [0.15, 0.2) is 54.7 Å². The van der Waals surface area contributed by atoms with Crippen LogP contribution < -0.4 is 0 Å². The smallest absolute Gasteiger partial charge is 0.255 e. The lowest BCUT2D eigenvalue weighted by Crippen LogP contribution is -2.48. The second-order valence-electron chi connectivity index (χ2n) is 5.99. The van der Waals surface area contributed by atoms with Crippen molar-refractivity contribution in [3.8, 4) is 0 Å². The molecule has 1 aliphatic rings. The Morgan fingerprint density at radius 1 is 1.20 bits per heavy atom. The van der Waals surface area contributed by atoms with Gasteiger partial charge in [0, 0.05) is 43.2 Å². The Morgan fingerprint density at radius 2 is 1.96 bits per heavy atom. The number of amides is 2. The summed E-state index contributed by atoms with van der Waals surface area (Å²) in [6.07, 6.45) is 2.46. The summed E-state index contributed by atoms with van der Waals surface area (Å²) >= 11 is 1.62. The molecule has 2 amide bonds. The molecule has 0 bridgehead atoms. The summed E-state index contributed by atoms with van der Waals surface area (Å²) in [7, 11) is 1.79. The molecule has 2 heterocycles. The van der Waals surface area contributed by atoms with Crippen LogP contribution in [0.25, 0.3) is 0 Å². The van der Waals surface area contributed by atoms with E-state index < -0.39 is 6.04 Å². The van der Waals surface area contributed by atoms with Crippen LogP contribution in [0.1, 0.15) is 16.1 Å². The second-order valence-corrected chi connectivity index (χ2v) is 6.99. The number of rotatable bonds is 5. The molecule has 1 unspecified atom stereocenters. The van der Waals surface area contributed by atoms with E-state index in [0.29, 0.717) is 30.2 Å². The first-order valence-electron chi connectivity index (χ1n) is 8.25. The molecule has 1 aromatic heterocycles. The number of carbonyl (C=O) groups excluding carboxylic acids is 2. The van der Waals surface area contributed by atoms with Gasteiger partial charge in [-0.3, -0.25) is 14.6 Å². The summed E-state index contributed by atoms with van der Waals surface area (Å²) in [4.78, 5) is 33.2. The summed E-state index contributed by atoms with van der Waals surface area (Å²) in [5.74, 6) is 1.11. The molecule has 5 nitrogen and oxygen atoms in total. The number of pyridine rings is 1. The van der Waals surface area contributed by atoms with E-state index in [9.17, 15) is 9.59 Å². The highest BCUT2D eigenvalue weighted by molar-refractivity contribution is 7.99. The fourth-order valence-corrected chi connectivity index (χ4v) is 3.93. The Morgan fingerprint density at radius 3 is 2.68 bits per heavy atom. The summed E-state index contributed by atoms with van der Waals surface area (Å²) < 4.78 is 0. The molecule has 6 heteroatoms. The molecule has 2 aromatic rings. The van der Waals surface area contributed by atoms with E-state index in [1.165, 1.54) is 0 Å². The van der Waals surface area contributed by atoms with E-state index in [1.807, 2.05) is 36.4 Å². The van der Waals surface area contributed by atoms with Gasteiger partial charge in [-0.15, -0.1) is 11.8 Å². The van der Waals surface area contributed by atoms with E-state index >= 15 is 0 Å². The van der Waals surface area contributed by atoms with Crippen molar-refractivity contribution in [1.82, 2.24) is 14.8 Å². The Hall–Kier alpha value is -2.34. The maximum atomic E-state index is 12.8. The van der Waals surface area contributed by atoms with E-state index in [2.05, 4.69) is 4.98 Å². The van der Waals surface area contributed by atoms with E-state index in [0.717, 1.165) is 5.69 Å². The molecule has 130 valence electrons. The largest absolute Gasteiger partial charge is 0.344 e. The molecule has 0 radical (unpaired) electrons. The zero-order valence-corrected chi connectivity index (χ0v) is 15.0. The summed E-state index contributed by atoms with van der Waals surface area (Å²) in [6, 6.07) is 14.5. The Bertz CT molecular complexity index is 724. The third-order valence-corrected chi connectivity index (χ3v) is 5.27. The zero-order chi connectivity index (χ0) is 17.6. The van der Waals surface area contributed by atoms with Crippen molar-refractivity contribution in [1.29, 1.82) is 0 Å². The predicted octanol–water partition coefficient (Wildman–Crippen LogP) is 2.30.